The predicted molar refractivity (Wildman–Crippen MR) is 96.8 cm³/mol. The average Bonchev–Trinajstić information content (AvgIpc) is 3.05. The lowest BCUT2D eigenvalue weighted by molar-refractivity contribution is -0.122. The molecule has 25 heavy (non-hydrogen) atoms. The molecule has 1 aliphatic heterocycles. The van der Waals surface area contributed by atoms with Crippen LogP contribution >= 0.6 is 11.6 Å². The summed E-state index contributed by atoms with van der Waals surface area (Å²) in [5.74, 6) is 0.0298. The molecule has 1 heterocycles. The van der Waals surface area contributed by atoms with Crippen LogP contribution < -0.4 is 14.4 Å². The van der Waals surface area contributed by atoms with Crippen LogP contribution in [0.25, 0.3) is 0 Å². The van der Waals surface area contributed by atoms with Gasteiger partial charge >= 0.3 is 0 Å². The number of nitrogens with one attached hydrogen (secondary N) is 1. The third-order valence-corrected chi connectivity index (χ3v) is 5.54. The Bertz CT molecular complexity index is 719. The van der Waals surface area contributed by atoms with E-state index < -0.39 is 22.0 Å². The quantitative estimate of drug-likeness (QED) is 0.767. The van der Waals surface area contributed by atoms with Gasteiger partial charge in [-0.25, -0.2) is 8.42 Å². The van der Waals surface area contributed by atoms with E-state index >= 15 is 0 Å². The van der Waals surface area contributed by atoms with Gasteiger partial charge in [0.2, 0.25) is 15.9 Å². The lowest BCUT2D eigenvalue weighted by Gasteiger charge is -2.28. The summed E-state index contributed by atoms with van der Waals surface area (Å²) in [6.45, 7) is 2.59. The van der Waals surface area contributed by atoms with E-state index in [0.29, 0.717) is 24.6 Å². The lowest BCUT2D eigenvalue weighted by atomic mass is 10.2. The van der Waals surface area contributed by atoms with Crippen molar-refractivity contribution in [3.8, 4) is 5.75 Å². The molecular formula is C16H23ClN2O5S. The number of methoxy groups -OCH3 is 1. The number of carbonyl (C=O) groups excluding carboxylic acids is 1. The SMILES string of the molecule is COc1ccc(N([C@@H](C)C(=O)NC[C@H]2CCCO2)S(C)(=O)=O)cc1Cl. The van der Waals surface area contributed by atoms with E-state index in [4.69, 9.17) is 21.1 Å². The minimum Gasteiger partial charge on any atom is -0.495 e. The molecule has 0 bridgehead atoms. The first kappa shape index (κ1) is 19.8. The molecule has 0 radical (unpaired) electrons. The molecule has 1 aliphatic rings. The van der Waals surface area contributed by atoms with Crippen molar-refractivity contribution in [3.05, 3.63) is 23.2 Å². The summed E-state index contributed by atoms with van der Waals surface area (Å²) in [6.07, 6.45) is 2.89. The second kappa shape index (κ2) is 8.25. The Morgan fingerprint density at radius 1 is 1.52 bits per heavy atom. The fourth-order valence-corrected chi connectivity index (χ4v) is 4.19. The van der Waals surface area contributed by atoms with Gasteiger partial charge in [-0.15, -0.1) is 0 Å². The number of hydrogen-bond acceptors (Lipinski definition) is 5. The van der Waals surface area contributed by atoms with E-state index in [-0.39, 0.29) is 11.1 Å². The van der Waals surface area contributed by atoms with E-state index in [1.807, 2.05) is 0 Å². The highest BCUT2D eigenvalue weighted by Gasteiger charge is 2.30. The van der Waals surface area contributed by atoms with Gasteiger partial charge in [0.25, 0.3) is 0 Å². The molecule has 9 heteroatoms. The Hall–Kier alpha value is -1.51. The fourth-order valence-electron chi connectivity index (χ4n) is 2.77. The van der Waals surface area contributed by atoms with Crippen LogP contribution in [0.1, 0.15) is 19.8 Å². The maximum atomic E-state index is 12.4. The van der Waals surface area contributed by atoms with Gasteiger partial charge in [0.05, 0.1) is 30.2 Å². The molecule has 1 aromatic carbocycles. The highest BCUT2D eigenvalue weighted by atomic mass is 35.5. The third kappa shape index (κ3) is 4.99. The standard InChI is InChI=1S/C16H23ClN2O5S/c1-11(16(20)18-10-13-5-4-8-24-13)19(25(3,21)22)12-6-7-15(23-2)14(17)9-12/h6-7,9,11,13H,4-5,8,10H2,1-3H3,(H,18,20)/t11-,13+/m0/s1. The minimum atomic E-state index is -3.69. The summed E-state index contributed by atoms with van der Waals surface area (Å²) in [7, 11) is -2.23. The number of anilines is 1. The summed E-state index contributed by atoms with van der Waals surface area (Å²) in [5, 5.41) is 3.02. The van der Waals surface area contributed by atoms with Gasteiger partial charge in [0, 0.05) is 13.2 Å². The molecule has 7 nitrogen and oxygen atoms in total. The fraction of sp³-hybridized carbons (Fsp3) is 0.562. The lowest BCUT2D eigenvalue weighted by Crippen LogP contribution is -2.49. The molecule has 0 aromatic heterocycles. The van der Waals surface area contributed by atoms with Crippen LogP contribution in [0.3, 0.4) is 0 Å². The van der Waals surface area contributed by atoms with E-state index in [9.17, 15) is 13.2 Å². The highest BCUT2D eigenvalue weighted by molar-refractivity contribution is 7.92. The highest BCUT2D eigenvalue weighted by Crippen LogP contribution is 2.31. The Balaban J connectivity index is 2.18. The number of benzene rings is 1. The normalized spacial score (nSPS) is 18.6. The molecule has 140 valence electrons. The molecule has 2 rings (SSSR count). The smallest absolute Gasteiger partial charge is 0.243 e. The van der Waals surface area contributed by atoms with E-state index in [2.05, 4.69) is 5.32 Å². The molecule has 1 N–H and O–H groups in total. The molecule has 1 fully saturated rings. The van der Waals surface area contributed by atoms with Crippen molar-refractivity contribution in [2.24, 2.45) is 0 Å². The number of rotatable bonds is 7. The zero-order valence-corrected chi connectivity index (χ0v) is 16.1. The van der Waals surface area contributed by atoms with Crippen molar-refractivity contribution < 1.29 is 22.7 Å². The number of nitrogens with zero attached hydrogens (tertiary/aromatic N) is 1. The molecule has 1 amide bonds. The summed E-state index contributed by atoms with van der Waals surface area (Å²) in [6, 6.07) is 3.65. The molecule has 2 atom stereocenters. The van der Waals surface area contributed by atoms with Crippen LogP contribution in [0.2, 0.25) is 5.02 Å². The van der Waals surface area contributed by atoms with Crippen molar-refractivity contribution in [2.75, 3.05) is 30.8 Å². The first-order chi connectivity index (χ1) is 11.7. The maximum absolute atomic E-state index is 12.4. The van der Waals surface area contributed by atoms with Crippen LogP contribution in [-0.4, -0.2) is 53.0 Å². The summed E-state index contributed by atoms with van der Waals surface area (Å²) >= 11 is 6.09. The van der Waals surface area contributed by atoms with Crippen molar-refractivity contribution in [1.29, 1.82) is 0 Å². The second-order valence-corrected chi connectivity index (χ2v) is 8.20. The second-order valence-electron chi connectivity index (χ2n) is 5.93. The predicted octanol–water partition coefficient (Wildman–Crippen LogP) is 1.80. The number of sulfonamides is 1. The number of halogens is 1. The molecule has 0 aliphatic carbocycles. The maximum Gasteiger partial charge on any atom is 0.243 e. The Morgan fingerprint density at radius 3 is 2.76 bits per heavy atom. The van der Waals surface area contributed by atoms with Crippen molar-refractivity contribution >= 4 is 33.2 Å². The summed E-state index contributed by atoms with van der Waals surface area (Å²) < 4.78 is 36.1. The Kier molecular flexibility index (Phi) is 6.53. The van der Waals surface area contributed by atoms with Gasteiger partial charge in [-0.3, -0.25) is 9.10 Å². The first-order valence-electron chi connectivity index (χ1n) is 7.96. The number of hydrogen-bond donors (Lipinski definition) is 1. The topological polar surface area (TPSA) is 84.9 Å². The Morgan fingerprint density at radius 2 is 2.24 bits per heavy atom. The number of ether oxygens (including phenoxy) is 2. The minimum absolute atomic E-state index is 0.0155. The van der Waals surface area contributed by atoms with Gasteiger partial charge in [0.15, 0.2) is 0 Å². The van der Waals surface area contributed by atoms with Crippen molar-refractivity contribution in [3.63, 3.8) is 0 Å². The molecule has 1 aromatic rings. The van der Waals surface area contributed by atoms with Crippen molar-refractivity contribution in [2.45, 2.75) is 31.9 Å². The first-order valence-corrected chi connectivity index (χ1v) is 10.2. The monoisotopic (exact) mass is 390 g/mol. The van der Waals surface area contributed by atoms with Crippen LogP contribution in [0.5, 0.6) is 5.75 Å². The van der Waals surface area contributed by atoms with Crippen molar-refractivity contribution in [1.82, 2.24) is 5.32 Å². The molecular weight excluding hydrogens is 368 g/mol. The molecule has 0 saturated carbocycles. The zero-order valence-electron chi connectivity index (χ0n) is 14.5. The molecule has 0 spiro atoms. The third-order valence-electron chi connectivity index (χ3n) is 4.01. The Labute approximate surface area is 153 Å². The molecule has 1 saturated heterocycles. The summed E-state index contributed by atoms with van der Waals surface area (Å²) in [4.78, 5) is 12.4. The van der Waals surface area contributed by atoms with Gasteiger partial charge in [-0.05, 0) is 38.0 Å². The van der Waals surface area contributed by atoms with Gasteiger partial charge in [-0.2, -0.15) is 0 Å². The van der Waals surface area contributed by atoms with Crippen LogP contribution in [-0.2, 0) is 19.6 Å². The van der Waals surface area contributed by atoms with Gasteiger partial charge < -0.3 is 14.8 Å². The largest absolute Gasteiger partial charge is 0.495 e. The van der Waals surface area contributed by atoms with E-state index in [1.54, 1.807) is 12.1 Å². The van der Waals surface area contributed by atoms with E-state index in [1.165, 1.54) is 20.1 Å². The average molecular weight is 391 g/mol. The molecule has 0 unspecified atom stereocenters. The van der Waals surface area contributed by atoms with Crippen LogP contribution in [0.4, 0.5) is 5.69 Å². The zero-order chi connectivity index (χ0) is 18.6. The van der Waals surface area contributed by atoms with Gasteiger partial charge in [-0.1, -0.05) is 11.6 Å². The van der Waals surface area contributed by atoms with Gasteiger partial charge in [0.1, 0.15) is 11.8 Å². The van der Waals surface area contributed by atoms with Crippen LogP contribution in [0, 0.1) is 0 Å². The number of carbonyl (C=O) groups is 1. The summed E-state index contributed by atoms with van der Waals surface area (Å²) in [5.41, 5.74) is 0.299. The van der Waals surface area contributed by atoms with E-state index in [0.717, 1.165) is 23.4 Å². The van der Waals surface area contributed by atoms with Crippen LogP contribution in [0.15, 0.2) is 18.2 Å². The number of amides is 1.